The van der Waals surface area contributed by atoms with Crippen molar-refractivity contribution in [3.05, 3.63) is 16.1 Å². The lowest BCUT2D eigenvalue weighted by Gasteiger charge is -2.43. The molecule has 1 atom stereocenters. The molecular formula is C15H21NO2S. The summed E-state index contributed by atoms with van der Waals surface area (Å²) >= 11 is 1.52. The van der Waals surface area contributed by atoms with Crippen LogP contribution in [0.25, 0.3) is 0 Å². The first kappa shape index (κ1) is 13.3. The van der Waals surface area contributed by atoms with Gasteiger partial charge in [0, 0.05) is 18.7 Å². The maximum atomic E-state index is 12.6. The van der Waals surface area contributed by atoms with Crippen molar-refractivity contribution in [1.82, 2.24) is 4.98 Å². The maximum absolute atomic E-state index is 12.6. The Kier molecular flexibility index (Phi) is 3.72. The Labute approximate surface area is 118 Å². The summed E-state index contributed by atoms with van der Waals surface area (Å²) < 4.78 is 6.06. The molecule has 0 aromatic carbocycles. The molecule has 3 nitrogen and oxygen atoms in total. The van der Waals surface area contributed by atoms with E-state index in [1.807, 2.05) is 6.92 Å². The van der Waals surface area contributed by atoms with Crippen LogP contribution in [0.5, 0.6) is 0 Å². The smallest absolute Gasteiger partial charge is 0.177 e. The summed E-state index contributed by atoms with van der Waals surface area (Å²) in [4.78, 5) is 17.6. The molecule has 1 unspecified atom stereocenters. The number of nitrogens with zero attached hydrogens (tertiary/aromatic N) is 1. The Hall–Kier alpha value is -0.740. The molecule has 1 saturated heterocycles. The van der Waals surface area contributed by atoms with E-state index in [4.69, 9.17) is 4.74 Å². The minimum absolute atomic E-state index is 0.0105. The van der Waals surface area contributed by atoms with Crippen molar-refractivity contribution in [2.75, 3.05) is 6.61 Å². The van der Waals surface area contributed by atoms with E-state index in [0.29, 0.717) is 5.78 Å². The average Bonchev–Trinajstić information content (AvgIpc) is 2.85. The van der Waals surface area contributed by atoms with Crippen molar-refractivity contribution in [2.24, 2.45) is 5.92 Å². The van der Waals surface area contributed by atoms with E-state index in [2.05, 4.69) is 4.98 Å². The van der Waals surface area contributed by atoms with Crippen molar-refractivity contribution in [2.45, 2.75) is 57.5 Å². The molecule has 0 amide bonds. The molecule has 1 saturated carbocycles. The molecule has 1 aromatic heterocycles. The summed E-state index contributed by atoms with van der Waals surface area (Å²) in [6.45, 7) is 2.70. The van der Waals surface area contributed by atoms with E-state index < -0.39 is 0 Å². The average molecular weight is 279 g/mol. The number of carbonyl (C=O) groups is 1. The standard InChI is InChI=1S/C15H21NO2S/c1-11-16-10-13(19-11)14(17)12-5-8-18-15(9-12)6-3-2-4-7-15/h10,12H,2-9H2,1H3. The Morgan fingerprint density at radius 3 is 2.89 bits per heavy atom. The van der Waals surface area contributed by atoms with Crippen molar-refractivity contribution in [3.8, 4) is 0 Å². The first-order chi connectivity index (χ1) is 9.19. The number of ether oxygens (including phenoxy) is 1. The third-order valence-corrected chi connectivity index (χ3v) is 5.42. The van der Waals surface area contributed by atoms with Gasteiger partial charge in [-0.05, 0) is 32.6 Å². The van der Waals surface area contributed by atoms with Gasteiger partial charge in [0.25, 0.3) is 0 Å². The van der Waals surface area contributed by atoms with Gasteiger partial charge in [-0.15, -0.1) is 11.3 Å². The van der Waals surface area contributed by atoms with Crippen LogP contribution >= 0.6 is 11.3 Å². The molecule has 1 aliphatic heterocycles. The van der Waals surface area contributed by atoms with Crippen LogP contribution in [0.15, 0.2) is 6.20 Å². The van der Waals surface area contributed by atoms with Crippen LogP contribution in [0.1, 0.15) is 59.6 Å². The summed E-state index contributed by atoms with van der Waals surface area (Å²) in [5.41, 5.74) is 0.0105. The molecule has 0 radical (unpaired) electrons. The zero-order valence-electron chi connectivity index (χ0n) is 11.5. The summed E-state index contributed by atoms with van der Waals surface area (Å²) in [6.07, 6.45) is 9.63. The Bertz CT molecular complexity index is 457. The normalized spacial score (nSPS) is 26.5. The number of thiazole rings is 1. The van der Waals surface area contributed by atoms with Crippen LogP contribution in [0.2, 0.25) is 0 Å². The van der Waals surface area contributed by atoms with Gasteiger partial charge in [0.1, 0.15) is 0 Å². The van der Waals surface area contributed by atoms with E-state index >= 15 is 0 Å². The van der Waals surface area contributed by atoms with Crippen LogP contribution in [0.4, 0.5) is 0 Å². The van der Waals surface area contributed by atoms with Crippen molar-refractivity contribution in [3.63, 3.8) is 0 Å². The van der Waals surface area contributed by atoms with E-state index in [1.165, 1.54) is 30.6 Å². The highest BCUT2D eigenvalue weighted by Gasteiger charge is 2.41. The van der Waals surface area contributed by atoms with Crippen molar-refractivity contribution < 1.29 is 9.53 Å². The quantitative estimate of drug-likeness (QED) is 0.774. The molecule has 4 heteroatoms. The lowest BCUT2D eigenvalue weighted by atomic mass is 9.75. The topological polar surface area (TPSA) is 39.2 Å². The third-order valence-electron chi connectivity index (χ3n) is 4.49. The molecule has 1 aliphatic carbocycles. The largest absolute Gasteiger partial charge is 0.375 e. The fourth-order valence-corrected chi connectivity index (χ4v) is 4.27. The number of aryl methyl sites for hydroxylation is 1. The predicted octanol–water partition coefficient (Wildman–Crippen LogP) is 3.76. The lowest BCUT2D eigenvalue weighted by Crippen LogP contribution is -2.43. The van der Waals surface area contributed by atoms with Crippen molar-refractivity contribution in [1.29, 1.82) is 0 Å². The van der Waals surface area contributed by atoms with Gasteiger partial charge in [-0.3, -0.25) is 4.79 Å². The fourth-order valence-electron chi connectivity index (χ4n) is 3.47. The summed E-state index contributed by atoms with van der Waals surface area (Å²) in [5, 5.41) is 0.975. The Balaban J connectivity index is 1.72. The zero-order chi connectivity index (χ0) is 13.3. The molecule has 104 valence electrons. The number of hydrogen-bond acceptors (Lipinski definition) is 4. The van der Waals surface area contributed by atoms with E-state index in [1.54, 1.807) is 6.20 Å². The molecule has 2 fully saturated rings. The van der Waals surface area contributed by atoms with Gasteiger partial charge in [-0.2, -0.15) is 0 Å². The van der Waals surface area contributed by atoms with Crippen LogP contribution < -0.4 is 0 Å². The number of carbonyl (C=O) groups excluding carboxylic acids is 1. The summed E-state index contributed by atoms with van der Waals surface area (Å²) in [5.74, 6) is 0.436. The first-order valence-corrected chi connectivity index (χ1v) is 8.11. The number of ketones is 1. The highest BCUT2D eigenvalue weighted by atomic mass is 32.1. The minimum atomic E-state index is 0.0105. The van der Waals surface area contributed by atoms with Gasteiger partial charge >= 0.3 is 0 Å². The van der Waals surface area contributed by atoms with Gasteiger partial charge in [0.2, 0.25) is 0 Å². The third kappa shape index (κ3) is 2.75. The second kappa shape index (κ2) is 5.33. The van der Waals surface area contributed by atoms with E-state index in [-0.39, 0.29) is 11.5 Å². The Morgan fingerprint density at radius 1 is 1.42 bits per heavy atom. The molecule has 2 heterocycles. The van der Waals surface area contributed by atoms with Gasteiger partial charge in [-0.25, -0.2) is 4.98 Å². The molecule has 19 heavy (non-hydrogen) atoms. The lowest BCUT2D eigenvalue weighted by molar-refractivity contribution is -0.111. The minimum Gasteiger partial charge on any atom is -0.375 e. The molecule has 0 N–H and O–H groups in total. The predicted molar refractivity (Wildman–Crippen MR) is 75.7 cm³/mol. The van der Waals surface area contributed by atoms with Gasteiger partial charge in [0.15, 0.2) is 5.78 Å². The Morgan fingerprint density at radius 2 is 2.21 bits per heavy atom. The number of hydrogen-bond donors (Lipinski definition) is 0. The first-order valence-electron chi connectivity index (χ1n) is 7.29. The van der Waals surface area contributed by atoms with Crippen LogP contribution in [-0.4, -0.2) is 23.0 Å². The SMILES string of the molecule is Cc1ncc(C(=O)C2CCOC3(CCCCC3)C2)s1. The number of Topliss-reactive ketones (excluding diaryl/α,β-unsaturated/α-hetero) is 1. The highest BCUT2D eigenvalue weighted by Crippen LogP contribution is 2.41. The fraction of sp³-hybridized carbons (Fsp3) is 0.733. The van der Waals surface area contributed by atoms with Gasteiger partial charge < -0.3 is 4.74 Å². The second-order valence-electron chi connectivity index (χ2n) is 5.89. The van der Waals surface area contributed by atoms with Crippen LogP contribution in [0, 0.1) is 12.8 Å². The van der Waals surface area contributed by atoms with Gasteiger partial charge in [-0.1, -0.05) is 19.3 Å². The van der Waals surface area contributed by atoms with E-state index in [0.717, 1.165) is 42.2 Å². The molecule has 1 aromatic rings. The van der Waals surface area contributed by atoms with Crippen LogP contribution in [0.3, 0.4) is 0 Å². The maximum Gasteiger partial charge on any atom is 0.177 e. The molecule has 1 spiro atoms. The zero-order valence-corrected chi connectivity index (χ0v) is 12.3. The number of rotatable bonds is 2. The van der Waals surface area contributed by atoms with Crippen molar-refractivity contribution >= 4 is 17.1 Å². The molecule has 2 aliphatic rings. The van der Waals surface area contributed by atoms with Gasteiger partial charge in [0.05, 0.1) is 15.5 Å². The molecule has 0 bridgehead atoms. The van der Waals surface area contributed by atoms with E-state index in [9.17, 15) is 4.79 Å². The second-order valence-corrected chi connectivity index (χ2v) is 7.12. The molecular weight excluding hydrogens is 258 g/mol. The number of aromatic nitrogens is 1. The monoisotopic (exact) mass is 279 g/mol. The summed E-state index contributed by atoms with van der Waals surface area (Å²) in [7, 11) is 0. The highest BCUT2D eigenvalue weighted by molar-refractivity contribution is 7.13. The van der Waals surface area contributed by atoms with Crippen LogP contribution in [-0.2, 0) is 4.74 Å². The summed E-state index contributed by atoms with van der Waals surface area (Å²) in [6, 6.07) is 0. The molecule has 3 rings (SSSR count).